The summed E-state index contributed by atoms with van der Waals surface area (Å²) in [7, 11) is 0. The highest BCUT2D eigenvalue weighted by Crippen LogP contribution is 2.21. The van der Waals surface area contributed by atoms with Crippen LogP contribution in [0.15, 0.2) is 41.8 Å². The molecule has 0 unspecified atom stereocenters. The van der Waals surface area contributed by atoms with E-state index in [2.05, 4.69) is 20.1 Å². The molecule has 0 radical (unpaired) electrons. The van der Waals surface area contributed by atoms with Gasteiger partial charge in [0.25, 0.3) is 5.56 Å². The van der Waals surface area contributed by atoms with Gasteiger partial charge in [0.05, 0.1) is 18.0 Å². The van der Waals surface area contributed by atoms with Crippen molar-refractivity contribution in [1.29, 1.82) is 0 Å². The van der Waals surface area contributed by atoms with Crippen LogP contribution in [-0.2, 0) is 0 Å². The summed E-state index contributed by atoms with van der Waals surface area (Å²) in [6.07, 6.45) is 8.94. The summed E-state index contributed by atoms with van der Waals surface area (Å²) >= 11 is 0. The van der Waals surface area contributed by atoms with Crippen molar-refractivity contribution in [3.63, 3.8) is 0 Å². The van der Waals surface area contributed by atoms with Gasteiger partial charge in [-0.1, -0.05) is 4.98 Å². The van der Waals surface area contributed by atoms with Gasteiger partial charge in [0, 0.05) is 11.8 Å². The maximum absolute atomic E-state index is 12.0. The third-order valence-electron chi connectivity index (χ3n) is 3.15. The second-order valence-electron chi connectivity index (χ2n) is 4.40. The Bertz CT molecular complexity index is 994. The van der Waals surface area contributed by atoms with Crippen LogP contribution in [0.25, 0.3) is 22.4 Å². The summed E-state index contributed by atoms with van der Waals surface area (Å²) in [5, 5.41) is 4.04. The molecule has 4 N–H and O–H groups in total. The first-order valence-corrected chi connectivity index (χ1v) is 5.94. The number of anilines is 1. The highest BCUT2D eigenvalue weighted by Gasteiger charge is 2.14. The smallest absolute Gasteiger partial charge is 0.368 e. The lowest BCUT2D eigenvalue weighted by Gasteiger charge is -1.98. The SMILES string of the molecule is Nc1nn2ccc(-c3cnc4[nH]cc[n+]4c3)c2c(=O)[nH]1. The van der Waals surface area contributed by atoms with Crippen LogP contribution in [0.1, 0.15) is 0 Å². The summed E-state index contributed by atoms with van der Waals surface area (Å²) in [5.74, 6) is 0.812. The number of rotatable bonds is 1. The Morgan fingerprint density at radius 2 is 2.30 bits per heavy atom. The Kier molecular flexibility index (Phi) is 1.97. The van der Waals surface area contributed by atoms with Crippen molar-refractivity contribution in [2.75, 3.05) is 5.73 Å². The minimum absolute atomic E-state index is 0.0817. The van der Waals surface area contributed by atoms with Gasteiger partial charge in [-0.05, 0) is 6.07 Å². The van der Waals surface area contributed by atoms with E-state index in [0.717, 1.165) is 16.9 Å². The van der Waals surface area contributed by atoms with Crippen LogP contribution in [-0.4, -0.2) is 24.6 Å². The van der Waals surface area contributed by atoms with E-state index in [-0.39, 0.29) is 11.5 Å². The zero-order valence-corrected chi connectivity index (χ0v) is 10.2. The zero-order chi connectivity index (χ0) is 13.7. The van der Waals surface area contributed by atoms with Crippen LogP contribution in [0.5, 0.6) is 0 Å². The number of hydrogen-bond acceptors (Lipinski definition) is 4. The fourth-order valence-corrected chi connectivity index (χ4v) is 2.28. The van der Waals surface area contributed by atoms with Crippen LogP contribution in [0.2, 0.25) is 0 Å². The van der Waals surface area contributed by atoms with E-state index < -0.39 is 0 Å². The lowest BCUT2D eigenvalue weighted by atomic mass is 10.1. The average Bonchev–Trinajstić information content (AvgIpc) is 3.03. The summed E-state index contributed by atoms with van der Waals surface area (Å²) in [5.41, 5.74) is 7.26. The molecule has 0 fully saturated rings. The van der Waals surface area contributed by atoms with E-state index in [1.54, 1.807) is 18.6 Å². The third-order valence-corrected chi connectivity index (χ3v) is 3.15. The molecule has 0 amide bonds. The number of H-pyrrole nitrogens is 2. The predicted molar refractivity (Wildman–Crippen MR) is 71.0 cm³/mol. The van der Waals surface area contributed by atoms with Crippen LogP contribution in [0.4, 0.5) is 5.95 Å². The maximum Gasteiger partial charge on any atom is 0.400 e. The standard InChI is InChI=1S/C12H9N7O/c13-11-16-10(20)9-8(1-3-19(9)17-11)7-5-15-12-14-2-4-18(12)6-7/h1-6H,(H3,13,16,17,20)/p+1. The molecule has 8 heteroatoms. The van der Waals surface area contributed by atoms with Gasteiger partial charge in [-0.3, -0.25) is 9.78 Å². The molecule has 0 bridgehead atoms. The molecular weight excluding hydrogens is 258 g/mol. The zero-order valence-electron chi connectivity index (χ0n) is 10.2. The lowest BCUT2D eigenvalue weighted by Crippen LogP contribution is -2.19. The monoisotopic (exact) mass is 268 g/mol. The van der Waals surface area contributed by atoms with E-state index in [0.29, 0.717) is 5.52 Å². The fraction of sp³-hybridized carbons (Fsp3) is 0. The lowest BCUT2D eigenvalue weighted by molar-refractivity contribution is -0.512. The third kappa shape index (κ3) is 1.41. The molecule has 20 heavy (non-hydrogen) atoms. The molecule has 4 rings (SSSR count). The molecule has 0 spiro atoms. The number of nitrogens with zero attached hydrogens (tertiary/aromatic N) is 4. The first kappa shape index (κ1) is 10.7. The van der Waals surface area contributed by atoms with Gasteiger partial charge in [-0.25, -0.2) is 13.9 Å². The maximum atomic E-state index is 12.0. The normalized spacial score (nSPS) is 11.4. The number of nitrogen functional groups attached to an aromatic ring is 1. The second kappa shape index (κ2) is 3.67. The second-order valence-corrected chi connectivity index (χ2v) is 4.40. The quantitative estimate of drug-likeness (QED) is 0.413. The van der Waals surface area contributed by atoms with Gasteiger partial charge in [0.1, 0.15) is 17.9 Å². The summed E-state index contributed by atoms with van der Waals surface area (Å²) in [6, 6.07) is 1.81. The van der Waals surface area contributed by atoms with Crippen LogP contribution < -0.4 is 15.7 Å². The number of nitrogens with one attached hydrogen (secondary N) is 2. The van der Waals surface area contributed by atoms with Crippen molar-refractivity contribution in [1.82, 2.24) is 24.6 Å². The van der Waals surface area contributed by atoms with E-state index >= 15 is 0 Å². The Balaban J connectivity index is 2.04. The van der Waals surface area contributed by atoms with Gasteiger partial charge in [-0.2, -0.15) is 0 Å². The molecule has 0 aliphatic heterocycles. The molecule has 98 valence electrons. The molecule has 0 aromatic carbocycles. The molecule has 4 aromatic heterocycles. The molecule has 8 nitrogen and oxygen atoms in total. The number of hydrogen-bond donors (Lipinski definition) is 3. The van der Waals surface area contributed by atoms with Crippen LogP contribution in [0, 0.1) is 0 Å². The fourth-order valence-electron chi connectivity index (χ4n) is 2.28. The first-order valence-electron chi connectivity index (χ1n) is 5.94. The van der Waals surface area contributed by atoms with E-state index in [4.69, 9.17) is 5.73 Å². The molecular formula is C12H10N7O+. The van der Waals surface area contributed by atoms with Gasteiger partial charge in [0.2, 0.25) is 5.95 Å². The van der Waals surface area contributed by atoms with Gasteiger partial charge < -0.3 is 5.73 Å². The van der Waals surface area contributed by atoms with Gasteiger partial charge >= 0.3 is 5.78 Å². The minimum Gasteiger partial charge on any atom is -0.368 e. The Morgan fingerprint density at radius 3 is 3.20 bits per heavy atom. The number of fused-ring (bicyclic) bond motifs is 2. The first-order chi connectivity index (χ1) is 9.72. The van der Waals surface area contributed by atoms with Gasteiger partial charge in [-0.15, -0.1) is 5.10 Å². The Morgan fingerprint density at radius 1 is 1.40 bits per heavy atom. The van der Waals surface area contributed by atoms with Crippen molar-refractivity contribution in [2.45, 2.75) is 0 Å². The summed E-state index contributed by atoms with van der Waals surface area (Å²) in [4.78, 5) is 21.8. The predicted octanol–water partition coefficient (Wildman–Crippen LogP) is -0.266. The van der Waals surface area contributed by atoms with Crippen LogP contribution >= 0.6 is 0 Å². The molecule has 0 aliphatic carbocycles. The van der Waals surface area contributed by atoms with E-state index in [9.17, 15) is 4.79 Å². The minimum atomic E-state index is -0.281. The summed E-state index contributed by atoms with van der Waals surface area (Å²) in [6.45, 7) is 0. The number of aromatic amines is 2. The Hall–Kier alpha value is -3.16. The highest BCUT2D eigenvalue weighted by atomic mass is 16.1. The highest BCUT2D eigenvalue weighted by molar-refractivity contribution is 5.79. The number of aromatic nitrogens is 6. The topological polar surface area (TPSA) is 109 Å². The molecule has 0 saturated carbocycles. The van der Waals surface area contributed by atoms with Crippen LogP contribution in [0.3, 0.4) is 0 Å². The largest absolute Gasteiger partial charge is 0.400 e. The molecule has 0 saturated heterocycles. The molecule has 4 aromatic rings. The molecule has 0 atom stereocenters. The van der Waals surface area contributed by atoms with Crippen molar-refractivity contribution in [3.8, 4) is 11.1 Å². The van der Waals surface area contributed by atoms with Gasteiger partial charge in [0.15, 0.2) is 0 Å². The van der Waals surface area contributed by atoms with Crippen molar-refractivity contribution < 1.29 is 4.40 Å². The molecule has 4 heterocycles. The Labute approximate surface area is 111 Å². The van der Waals surface area contributed by atoms with Crippen molar-refractivity contribution in [2.24, 2.45) is 0 Å². The molecule has 0 aliphatic rings. The van der Waals surface area contributed by atoms with Crippen molar-refractivity contribution in [3.05, 3.63) is 47.4 Å². The van der Waals surface area contributed by atoms with E-state index in [1.807, 2.05) is 22.9 Å². The summed E-state index contributed by atoms with van der Waals surface area (Å²) < 4.78 is 3.31. The van der Waals surface area contributed by atoms with E-state index in [1.165, 1.54) is 4.52 Å². The van der Waals surface area contributed by atoms with Crippen molar-refractivity contribution >= 4 is 17.2 Å². The average molecular weight is 268 g/mol. The number of imidazole rings is 1. The number of nitrogens with two attached hydrogens (primary N) is 1.